The largest absolute Gasteiger partial charge is 0.223 e. The van der Waals surface area contributed by atoms with Gasteiger partial charge in [0.2, 0.25) is 0 Å². The summed E-state index contributed by atoms with van der Waals surface area (Å²) in [6.07, 6.45) is 1.61. The molecule has 1 aliphatic rings. The molecule has 82 valence electrons. The highest BCUT2D eigenvalue weighted by molar-refractivity contribution is 7.93. The highest BCUT2D eigenvalue weighted by Gasteiger charge is 2.56. The lowest BCUT2D eigenvalue weighted by Crippen LogP contribution is -2.28. The minimum absolute atomic E-state index is 0.197. The lowest BCUT2D eigenvalue weighted by Gasteiger charge is -2.20. The molecule has 0 heterocycles. The number of sulfone groups is 1. The summed E-state index contributed by atoms with van der Waals surface area (Å²) in [6, 6.07) is 8.79. The molecule has 15 heavy (non-hydrogen) atoms. The third-order valence-electron chi connectivity index (χ3n) is 3.38. The molecule has 0 saturated heterocycles. The van der Waals surface area contributed by atoms with Gasteiger partial charge >= 0.3 is 0 Å². The molecule has 2 nitrogen and oxygen atoms in total. The first-order valence-electron chi connectivity index (χ1n) is 5.30. The average Bonchev–Trinajstić information content (AvgIpc) is 3.00. The zero-order valence-electron chi connectivity index (χ0n) is 9.10. The summed E-state index contributed by atoms with van der Waals surface area (Å²) in [6.45, 7) is 3.99. The summed E-state index contributed by atoms with van der Waals surface area (Å²) in [5.74, 6) is 0.197. The fourth-order valence-electron chi connectivity index (χ4n) is 2.11. The van der Waals surface area contributed by atoms with Crippen LogP contribution in [0, 0.1) is 5.92 Å². The van der Waals surface area contributed by atoms with Crippen LogP contribution in [0.2, 0.25) is 0 Å². The van der Waals surface area contributed by atoms with Crippen molar-refractivity contribution in [2.24, 2.45) is 5.92 Å². The number of hydrogen-bond donors (Lipinski definition) is 0. The molecule has 1 aliphatic carbocycles. The first-order chi connectivity index (χ1) is 7.01. The molecule has 1 saturated carbocycles. The van der Waals surface area contributed by atoms with Gasteiger partial charge in [-0.05, 0) is 30.9 Å². The predicted molar refractivity (Wildman–Crippen MR) is 60.4 cm³/mol. The van der Waals surface area contributed by atoms with Crippen molar-refractivity contribution in [2.45, 2.75) is 36.3 Å². The maximum absolute atomic E-state index is 12.4. The van der Waals surface area contributed by atoms with Gasteiger partial charge in [-0.3, -0.25) is 0 Å². The summed E-state index contributed by atoms with van der Waals surface area (Å²) < 4.78 is 24.2. The van der Waals surface area contributed by atoms with Crippen molar-refractivity contribution < 1.29 is 8.42 Å². The van der Waals surface area contributed by atoms with Crippen molar-refractivity contribution in [1.82, 2.24) is 0 Å². The van der Waals surface area contributed by atoms with Gasteiger partial charge in [-0.25, -0.2) is 8.42 Å². The van der Waals surface area contributed by atoms with Crippen LogP contribution in [0.5, 0.6) is 0 Å². The van der Waals surface area contributed by atoms with E-state index >= 15 is 0 Å². The minimum Gasteiger partial charge on any atom is -0.223 e. The summed E-state index contributed by atoms with van der Waals surface area (Å²) in [4.78, 5) is 0.469. The molecule has 0 amide bonds. The Morgan fingerprint density at radius 3 is 2.07 bits per heavy atom. The van der Waals surface area contributed by atoms with Crippen LogP contribution in [-0.2, 0) is 9.84 Å². The molecule has 0 radical (unpaired) electrons. The van der Waals surface area contributed by atoms with E-state index < -0.39 is 14.6 Å². The first-order valence-corrected chi connectivity index (χ1v) is 6.79. The van der Waals surface area contributed by atoms with Crippen LogP contribution in [0.4, 0.5) is 0 Å². The summed E-state index contributed by atoms with van der Waals surface area (Å²) in [5, 5.41) is 0. The third kappa shape index (κ3) is 1.49. The Hall–Kier alpha value is -0.830. The molecular weight excluding hydrogens is 208 g/mol. The highest BCUT2D eigenvalue weighted by Crippen LogP contribution is 2.51. The quantitative estimate of drug-likeness (QED) is 0.791. The van der Waals surface area contributed by atoms with Crippen molar-refractivity contribution in [1.29, 1.82) is 0 Å². The molecule has 0 bridgehead atoms. The third-order valence-corrected chi connectivity index (χ3v) is 6.23. The van der Waals surface area contributed by atoms with Crippen molar-refractivity contribution in [3.8, 4) is 0 Å². The summed E-state index contributed by atoms with van der Waals surface area (Å²) in [5.41, 5.74) is 0. The van der Waals surface area contributed by atoms with Gasteiger partial charge in [-0.2, -0.15) is 0 Å². The monoisotopic (exact) mass is 224 g/mol. The SMILES string of the molecule is CC(C)C1(S(=O)(=O)c2ccccc2)CC1. The lowest BCUT2D eigenvalue weighted by molar-refractivity contribution is 0.523. The van der Waals surface area contributed by atoms with Crippen molar-refractivity contribution in [3.63, 3.8) is 0 Å². The van der Waals surface area contributed by atoms with Crippen molar-refractivity contribution in [3.05, 3.63) is 30.3 Å². The van der Waals surface area contributed by atoms with Crippen LogP contribution >= 0.6 is 0 Å². The van der Waals surface area contributed by atoms with E-state index in [4.69, 9.17) is 0 Å². The van der Waals surface area contributed by atoms with E-state index in [0.717, 1.165) is 12.8 Å². The number of hydrogen-bond acceptors (Lipinski definition) is 2. The fourth-order valence-corrected chi connectivity index (χ4v) is 4.36. The second kappa shape index (κ2) is 3.34. The Bertz CT molecular complexity index is 442. The summed E-state index contributed by atoms with van der Waals surface area (Å²) in [7, 11) is -3.13. The van der Waals surface area contributed by atoms with Gasteiger partial charge in [-0.15, -0.1) is 0 Å². The van der Waals surface area contributed by atoms with Crippen molar-refractivity contribution >= 4 is 9.84 Å². The van der Waals surface area contributed by atoms with Crippen LogP contribution < -0.4 is 0 Å². The molecule has 0 aromatic heterocycles. The maximum Gasteiger partial charge on any atom is 0.184 e. The molecule has 0 N–H and O–H groups in total. The molecule has 1 fully saturated rings. The van der Waals surface area contributed by atoms with Gasteiger partial charge in [0.25, 0.3) is 0 Å². The van der Waals surface area contributed by atoms with E-state index in [1.807, 2.05) is 19.9 Å². The first kappa shape index (κ1) is 10.7. The van der Waals surface area contributed by atoms with E-state index in [9.17, 15) is 8.42 Å². The Labute approximate surface area is 91.2 Å². The Kier molecular flexibility index (Phi) is 2.38. The lowest BCUT2D eigenvalue weighted by atomic mass is 10.1. The van der Waals surface area contributed by atoms with Gasteiger partial charge in [0.1, 0.15) is 0 Å². The van der Waals surface area contributed by atoms with E-state index in [-0.39, 0.29) is 5.92 Å². The molecule has 1 aromatic rings. The topological polar surface area (TPSA) is 34.1 Å². The second-order valence-corrected chi connectivity index (χ2v) is 6.83. The van der Waals surface area contributed by atoms with E-state index in [1.165, 1.54) is 0 Å². The minimum atomic E-state index is -3.13. The molecule has 1 aromatic carbocycles. The van der Waals surface area contributed by atoms with Gasteiger partial charge in [-0.1, -0.05) is 32.0 Å². The average molecular weight is 224 g/mol. The number of rotatable bonds is 3. The van der Waals surface area contributed by atoms with Gasteiger partial charge in [0.05, 0.1) is 9.64 Å². The molecule has 0 atom stereocenters. The Balaban J connectivity index is 2.46. The van der Waals surface area contributed by atoms with Crippen LogP contribution in [0.25, 0.3) is 0 Å². The molecule has 0 aliphatic heterocycles. The highest BCUT2D eigenvalue weighted by atomic mass is 32.2. The Morgan fingerprint density at radius 1 is 1.13 bits per heavy atom. The normalized spacial score (nSPS) is 19.1. The number of benzene rings is 1. The van der Waals surface area contributed by atoms with E-state index in [1.54, 1.807) is 24.3 Å². The second-order valence-electron chi connectivity index (χ2n) is 4.54. The van der Waals surface area contributed by atoms with Crippen LogP contribution in [0.15, 0.2) is 35.2 Å². The molecule has 0 unspecified atom stereocenters. The molecule has 3 heteroatoms. The van der Waals surface area contributed by atoms with Gasteiger partial charge in [0, 0.05) is 0 Å². The van der Waals surface area contributed by atoms with Crippen LogP contribution in [0.3, 0.4) is 0 Å². The Morgan fingerprint density at radius 2 is 1.67 bits per heavy atom. The molecule has 2 rings (SSSR count). The zero-order valence-corrected chi connectivity index (χ0v) is 9.92. The van der Waals surface area contributed by atoms with Gasteiger partial charge < -0.3 is 0 Å². The smallest absolute Gasteiger partial charge is 0.184 e. The molecular formula is C12H16O2S. The summed E-state index contributed by atoms with van der Waals surface area (Å²) >= 11 is 0. The zero-order chi connectivity index (χ0) is 11.1. The van der Waals surface area contributed by atoms with Crippen LogP contribution in [0.1, 0.15) is 26.7 Å². The van der Waals surface area contributed by atoms with E-state index in [0.29, 0.717) is 4.90 Å². The predicted octanol–water partition coefficient (Wildman–Crippen LogP) is 2.65. The van der Waals surface area contributed by atoms with Crippen molar-refractivity contribution in [2.75, 3.05) is 0 Å². The van der Waals surface area contributed by atoms with E-state index in [2.05, 4.69) is 0 Å². The maximum atomic E-state index is 12.4. The molecule has 0 spiro atoms. The standard InChI is InChI=1S/C12H16O2S/c1-10(2)12(8-9-12)15(13,14)11-6-4-3-5-7-11/h3-7,10H,8-9H2,1-2H3. The fraction of sp³-hybridized carbons (Fsp3) is 0.500. The van der Waals surface area contributed by atoms with Gasteiger partial charge in [0.15, 0.2) is 9.84 Å². The van der Waals surface area contributed by atoms with Crippen LogP contribution in [-0.4, -0.2) is 13.2 Å².